The topological polar surface area (TPSA) is 279 Å². The Morgan fingerprint density at radius 2 is 1.28 bits per heavy atom. The van der Waals surface area contributed by atoms with Gasteiger partial charge in [-0.25, -0.2) is 8.78 Å². The molecule has 9 atom stereocenters. The van der Waals surface area contributed by atoms with E-state index in [0.29, 0.717) is 75.5 Å². The zero-order valence-electron chi connectivity index (χ0n) is 64.2. The second kappa shape index (κ2) is 39.3. The molecule has 1 spiro atoms. The van der Waals surface area contributed by atoms with Gasteiger partial charge >= 0.3 is 6.18 Å². The van der Waals surface area contributed by atoms with E-state index in [1.54, 1.807) is 52.0 Å². The number of rotatable bonds is 19. The average Bonchev–Trinajstić information content (AvgIpc) is 1.74. The van der Waals surface area contributed by atoms with Gasteiger partial charge in [0, 0.05) is 88.9 Å². The van der Waals surface area contributed by atoms with E-state index in [4.69, 9.17) is 4.74 Å². The zero-order chi connectivity index (χ0) is 79.5. The summed E-state index contributed by atoms with van der Waals surface area (Å²) in [5.74, 6) is -14.1. The summed E-state index contributed by atoms with van der Waals surface area (Å²) in [5.41, 5.74) is -2.65. The van der Waals surface area contributed by atoms with E-state index < -0.39 is 199 Å². The molecule has 2 aromatic carbocycles. The third-order valence-electron chi connectivity index (χ3n) is 21.4. The quantitative estimate of drug-likeness (QED) is 0.110. The van der Waals surface area contributed by atoms with Gasteiger partial charge in [-0.2, -0.15) is 13.2 Å². The number of amides is 12. The number of carbonyl (C=O) groups excluding carboxylic acids is 12. The van der Waals surface area contributed by atoms with Crippen LogP contribution in [-0.2, 0) is 87.7 Å². The van der Waals surface area contributed by atoms with Gasteiger partial charge in [0.2, 0.25) is 70.9 Å². The molecule has 3 N–H and O–H groups in total. The summed E-state index contributed by atoms with van der Waals surface area (Å²) in [6.07, 6.45) is 0.533. The molecule has 107 heavy (non-hydrogen) atoms. The third-order valence-corrected chi connectivity index (χ3v) is 21.4. The number of nitrogens with zero attached hydrogens (tertiary/aromatic N) is 9. The summed E-state index contributed by atoms with van der Waals surface area (Å²) in [6, 6.07) is -1.69. The molecule has 0 unspecified atom stereocenters. The van der Waals surface area contributed by atoms with Crippen molar-refractivity contribution < 1.29 is 84.2 Å². The molecule has 4 fully saturated rings. The van der Waals surface area contributed by atoms with Crippen molar-refractivity contribution in [3.63, 3.8) is 0 Å². The summed E-state index contributed by atoms with van der Waals surface area (Å²) < 4.78 is 78.1. The number of hydrogen-bond acceptors (Lipinski definition) is 13. The van der Waals surface area contributed by atoms with Crippen molar-refractivity contribution in [2.45, 2.75) is 210 Å². The minimum atomic E-state index is -5.42. The predicted octanol–water partition coefficient (Wildman–Crippen LogP) is 5.84. The number of halogens is 5. The summed E-state index contributed by atoms with van der Waals surface area (Å²) in [7, 11) is 11.0. The van der Waals surface area contributed by atoms with Crippen LogP contribution in [0.1, 0.15) is 153 Å². The minimum absolute atomic E-state index is 0.00153. The SMILES string of the molecule is C=CCCc1ccc(C[C@H]2C(=O)N(C)CC(=O)N[C@@H](CCc3cc(F)c(C(F)(F)F)c(F)c3)C(=O)N3C[C@H](OCC)C[C@H]3C(=O)NC3(CCCC3)C(=O)N(C)[C@@H](C3CCCC3)C(=O)N(C)[C@H](C(=O)N(C)C)CC(=O)N(C)[C@@H](CCC=C)C(=O)N[C@@H]([C@@H](C)CC)C(=O)N(C)CC(=O)N(C)CC(=O)N2CCC)cc1. The second-order valence-electron chi connectivity index (χ2n) is 29.3. The first kappa shape index (κ1) is 87.1. The maximum Gasteiger partial charge on any atom is 0.422 e. The Hall–Kier alpha value is -8.83. The first-order valence-corrected chi connectivity index (χ1v) is 37.2. The van der Waals surface area contributed by atoms with Gasteiger partial charge in [0.15, 0.2) is 0 Å². The van der Waals surface area contributed by atoms with Crippen LogP contribution in [0.3, 0.4) is 0 Å². The molecule has 4 aliphatic rings. The molecule has 2 saturated heterocycles. The molecule has 0 radical (unpaired) electrons. The standard InChI is InChI=1S/C77H111F5N12O13/c1-15-20-26-49-30-32-50(33-31-49)41-60-72(103)88(10)45-61(95)83-56(35-34-51-39-54(78)65(55(79)40-51)77(80,81)82)70(101)94-44-53(107-19-5)42-58(94)69(100)85-76(36-24-25-37-76)75(106)92(14)67(52-27-22-23-28-52)74(105)91(13)59(71(102)86(7)8)43-62(96)90(12)57(29-21-16-2)68(99)84-66(48(6)18-4)73(104)89(11)46-63(97)87(9)47-64(98)93(60)38-17-3/h15-16,30-33,39-40,48,52-53,56-60,66-67H,1-2,17-29,34-38,41-47H2,3-14H3,(H,83,95)(H,84,99)(H,85,100)/t48-,53+,56-,57-,58-,59-,60-,66-,67-/m0/s1. The Morgan fingerprint density at radius 1 is 0.682 bits per heavy atom. The molecule has 0 bridgehead atoms. The van der Waals surface area contributed by atoms with Crippen molar-refractivity contribution in [3.05, 3.63) is 95.6 Å². The average molecular weight is 1510 g/mol. The predicted molar refractivity (Wildman–Crippen MR) is 390 cm³/mol. The van der Waals surface area contributed by atoms with E-state index in [9.17, 15) is 46.7 Å². The molecule has 2 saturated carbocycles. The Bertz CT molecular complexity index is 3510. The summed E-state index contributed by atoms with van der Waals surface area (Å²) in [4.78, 5) is 190. The molecular weight excluding hydrogens is 1400 g/mol. The second-order valence-corrected chi connectivity index (χ2v) is 29.3. The first-order valence-electron chi connectivity index (χ1n) is 37.2. The van der Waals surface area contributed by atoms with E-state index in [2.05, 4.69) is 29.1 Å². The molecule has 0 aromatic heterocycles. The van der Waals surface area contributed by atoms with Gasteiger partial charge in [-0.3, -0.25) is 57.5 Å². The van der Waals surface area contributed by atoms with Crippen LogP contribution in [0.25, 0.3) is 0 Å². The van der Waals surface area contributed by atoms with Crippen LogP contribution in [0.4, 0.5) is 22.0 Å². The van der Waals surface area contributed by atoms with Gasteiger partial charge in [-0.15, -0.1) is 13.2 Å². The number of benzene rings is 2. The molecule has 2 aliphatic heterocycles. The summed E-state index contributed by atoms with van der Waals surface area (Å²) in [5, 5.41) is 8.46. The monoisotopic (exact) mass is 1510 g/mol. The van der Waals surface area contributed by atoms with Crippen molar-refractivity contribution in [1.82, 2.24) is 60.0 Å². The van der Waals surface area contributed by atoms with E-state index in [1.165, 1.54) is 71.1 Å². The summed E-state index contributed by atoms with van der Waals surface area (Å²) >= 11 is 0. The maximum absolute atomic E-state index is 15.7. The van der Waals surface area contributed by atoms with Crippen LogP contribution >= 0.6 is 0 Å². The molecule has 6 rings (SSSR count). The van der Waals surface area contributed by atoms with Crippen molar-refractivity contribution in [3.8, 4) is 0 Å². The van der Waals surface area contributed by atoms with E-state index in [0.717, 1.165) is 35.0 Å². The number of hydrogen-bond donors (Lipinski definition) is 3. The lowest BCUT2D eigenvalue weighted by atomic mass is 9.90. The smallest absolute Gasteiger partial charge is 0.377 e. The largest absolute Gasteiger partial charge is 0.422 e. The van der Waals surface area contributed by atoms with Crippen LogP contribution in [0, 0.1) is 23.5 Å². The van der Waals surface area contributed by atoms with Gasteiger partial charge in [0.1, 0.15) is 65.0 Å². The maximum atomic E-state index is 15.7. The van der Waals surface area contributed by atoms with E-state index in [-0.39, 0.29) is 70.2 Å². The van der Waals surface area contributed by atoms with Gasteiger partial charge < -0.3 is 64.8 Å². The number of aryl methyl sites for hydroxylation is 2. The Balaban J connectivity index is 1.50. The molecule has 2 heterocycles. The highest BCUT2D eigenvalue weighted by Crippen LogP contribution is 2.38. The zero-order valence-corrected chi connectivity index (χ0v) is 64.2. The van der Waals surface area contributed by atoms with Crippen molar-refractivity contribution >= 4 is 70.9 Å². The van der Waals surface area contributed by atoms with Crippen LogP contribution < -0.4 is 16.0 Å². The lowest BCUT2D eigenvalue weighted by Gasteiger charge is -2.42. The number of alkyl halides is 3. The van der Waals surface area contributed by atoms with Crippen LogP contribution in [-0.4, -0.2) is 265 Å². The molecule has 30 heteroatoms. The number of likely N-dealkylation sites (N-methyl/N-ethyl adjacent to an activating group) is 7. The lowest BCUT2D eigenvalue weighted by molar-refractivity contribution is -0.156. The highest BCUT2D eigenvalue weighted by Gasteiger charge is 2.52. The molecule has 2 aliphatic carbocycles. The lowest BCUT2D eigenvalue weighted by Crippen LogP contribution is -2.65. The highest BCUT2D eigenvalue weighted by atomic mass is 19.4. The van der Waals surface area contributed by atoms with Gasteiger partial charge in [-0.05, 0) is 118 Å². The number of nitrogens with one attached hydrogen (secondary N) is 3. The van der Waals surface area contributed by atoms with Crippen molar-refractivity contribution in [2.75, 3.05) is 95.7 Å². The Morgan fingerprint density at radius 3 is 1.85 bits per heavy atom. The minimum Gasteiger partial charge on any atom is -0.377 e. The van der Waals surface area contributed by atoms with Gasteiger partial charge in [0.05, 0.1) is 32.2 Å². The fourth-order valence-corrected chi connectivity index (χ4v) is 15.0. The molecule has 2 aromatic rings. The van der Waals surface area contributed by atoms with Crippen molar-refractivity contribution in [1.29, 1.82) is 0 Å². The van der Waals surface area contributed by atoms with E-state index in [1.807, 2.05) is 12.1 Å². The number of carbonyl (C=O) groups is 12. The van der Waals surface area contributed by atoms with Crippen LogP contribution in [0.5, 0.6) is 0 Å². The van der Waals surface area contributed by atoms with Crippen LogP contribution in [0.15, 0.2) is 61.7 Å². The highest BCUT2D eigenvalue weighted by molar-refractivity contribution is 6.01. The van der Waals surface area contributed by atoms with Crippen LogP contribution in [0.2, 0.25) is 0 Å². The molecular formula is C77H111F5N12O13. The first-order chi connectivity index (χ1) is 50.5. The molecule has 12 amide bonds. The Kier molecular flexibility index (Phi) is 32.0. The fraction of sp³-hybridized carbons (Fsp3) is 0.636. The summed E-state index contributed by atoms with van der Waals surface area (Å²) in [6.45, 7) is 12.3. The third kappa shape index (κ3) is 22.2. The Labute approximate surface area is 625 Å². The van der Waals surface area contributed by atoms with E-state index >= 15 is 32.8 Å². The van der Waals surface area contributed by atoms with Crippen molar-refractivity contribution in [2.24, 2.45) is 11.8 Å². The number of allylic oxidation sites excluding steroid dienone is 2. The molecule has 592 valence electrons. The van der Waals surface area contributed by atoms with Gasteiger partial charge in [-0.1, -0.05) is 89.3 Å². The number of ether oxygens (including phenoxy) is 1. The van der Waals surface area contributed by atoms with Gasteiger partial charge in [0.25, 0.3) is 0 Å². The number of fused-ring (bicyclic) bond motifs is 1. The fourth-order valence-electron chi connectivity index (χ4n) is 15.0. The normalized spacial score (nSPS) is 24.4. The molecule has 25 nitrogen and oxygen atoms in total.